The van der Waals surface area contributed by atoms with Crippen LogP contribution in [0.1, 0.15) is 39.1 Å². The van der Waals surface area contributed by atoms with E-state index < -0.39 is 12.1 Å². The van der Waals surface area contributed by atoms with Gasteiger partial charge in [0, 0.05) is 11.1 Å². The number of nitrogens with one attached hydrogen (secondary N) is 1. The summed E-state index contributed by atoms with van der Waals surface area (Å²) in [7, 11) is 0. The van der Waals surface area contributed by atoms with E-state index in [1.165, 1.54) is 0 Å². The molecule has 3 rings (SSSR count). The van der Waals surface area contributed by atoms with E-state index in [0.717, 1.165) is 27.5 Å². The summed E-state index contributed by atoms with van der Waals surface area (Å²) in [6.07, 6.45) is -0.945. The van der Waals surface area contributed by atoms with Crippen molar-refractivity contribution >= 4 is 28.9 Å². The van der Waals surface area contributed by atoms with Gasteiger partial charge in [0.2, 0.25) is 0 Å². The molecule has 0 aliphatic rings. The minimum atomic E-state index is -0.945. The zero-order valence-corrected chi connectivity index (χ0v) is 18.2. The van der Waals surface area contributed by atoms with Crippen LogP contribution < -0.4 is 10.1 Å². The highest BCUT2D eigenvalue weighted by Gasteiger charge is 2.20. The Morgan fingerprint density at radius 1 is 1.10 bits per heavy atom. The molecule has 1 N–H and O–H groups in total. The normalized spacial score (nSPS) is 11.6. The molecule has 2 aromatic carbocycles. The number of benzene rings is 2. The van der Waals surface area contributed by atoms with Crippen molar-refractivity contribution in [1.29, 1.82) is 0 Å². The summed E-state index contributed by atoms with van der Waals surface area (Å²) >= 11 is 1.56. The fraction of sp³-hybridized carbons (Fsp3) is 0.261. The maximum atomic E-state index is 12.5. The van der Waals surface area contributed by atoms with Crippen LogP contribution in [-0.4, -0.2) is 23.0 Å². The number of aromatic nitrogens is 1. The number of para-hydroxylation sites is 1. The fourth-order valence-corrected chi connectivity index (χ4v) is 3.46. The lowest BCUT2D eigenvalue weighted by atomic mass is 10.1. The van der Waals surface area contributed by atoms with E-state index >= 15 is 0 Å². The Balaban J connectivity index is 1.60. The number of carbonyl (C=O) groups is 2. The number of esters is 1. The molecule has 0 aliphatic heterocycles. The third-order valence-corrected chi connectivity index (χ3v) is 5.33. The number of ether oxygens (including phenoxy) is 2. The van der Waals surface area contributed by atoms with Crippen LogP contribution in [-0.2, 0) is 16.1 Å². The largest absolute Gasteiger partial charge is 0.487 e. The monoisotopic (exact) mass is 424 g/mol. The van der Waals surface area contributed by atoms with Crippen LogP contribution >= 0.6 is 11.3 Å². The Bertz CT molecular complexity index is 1040. The van der Waals surface area contributed by atoms with Gasteiger partial charge >= 0.3 is 5.97 Å². The topological polar surface area (TPSA) is 77.5 Å². The van der Waals surface area contributed by atoms with Crippen LogP contribution in [0.15, 0.2) is 47.8 Å². The van der Waals surface area contributed by atoms with Gasteiger partial charge in [0.1, 0.15) is 12.4 Å². The quantitative estimate of drug-likeness (QED) is 0.550. The fourth-order valence-electron chi connectivity index (χ4n) is 2.86. The maximum Gasteiger partial charge on any atom is 0.339 e. The smallest absolute Gasteiger partial charge is 0.339 e. The van der Waals surface area contributed by atoms with E-state index in [0.29, 0.717) is 17.9 Å². The van der Waals surface area contributed by atoms with E-state index in [9.17, 15) is 9.59 Å². The molecule has 1 amide bonds. The highest BCUT2D eigenvalue weighted by atomic mass is 32.1. The lowest BCUT2D eigenvalue weighted by Crippen LogP contribution is -2.30. The highest BCUT2D eigenvalue weighted by Crippen LogP contribution is 2.21. The molecule has 3 aromatic rings. The summed E-state index contributed by atoms with van der Waals surface area (Å²) in [6, 6.07) is 12.4. The van der Waals surface area contributed by atoms with Gasteiger partial charge < -0.3 is 14.8 Å². The van der Waals surface area contributed by atoms with Gasteiger partial charge in [-0.25, -0.2) is 9.78 Å². The third kappa shape index (κ3) is 5.45. The minimum Gasteiger partial charge on any atom is -0.487 e. The molecular formula is C23H24N2O4S. The summed E-state index contributed by atoms with van der Waals surface area (Å²) in [5.41, 5.74) is 3.78. The number of anilines is 1. The lowest BCUT2D eigenvalue weighted by Gasteiger charge is -2.16. The zero-order valence-electron chi connectivity index (χ0n) is 17.4. The van der Waals surface area contributed by atoms with E-state index in [2.05, 4.69) is 10.3 Å². The Morgan fingerprint density at radius 3 is 2.47 bits per heavy atom. The predicted molar refractivity (Wildman–Crippen MR) is 117 cm³/mol. The van der Waals surface area contributed by atoms with Crippen LogP contribution in [0.3, 0.4) is 0 Å². The van der Waals surface area contributed by atoms with Crippen LogP contribution in [0.25, 0.3) is 0 Å². The first-order valence-corrected chi connectivity index (χ1v) is 10.4. The first kappa shape index (κ1) is 21.5. The second-order valence-corrected chi connectivity index (χ2v) is 8.04. The SMILES string of the molecule is Cc1nc(COc2cccc(C(=O)OC(C)C(=O)Nc3c(C)cccc3C)c2)cs1. The summed E-state index contributed by atoms with van der Waals surface area (Å²) < 4.78 is 11.1. The Hall–Kier alpha value is -3.19. The van der Waals surface area contributed by atoms with Gasteiger partial charge in [0.15, 0.2) is 6.10 Å². The van der Waals surface area contributed by atoms with Crippen LogP contribution in [0.5, 0.6) is 5.75 Å². The summed E-state index contributed by atoms with van der Waals surface area (Å²) in [5, 5.41) is 5.75. The van der Waals surface area contributed by atoms with Crippen LogP contribution in [0, 0.1) is 20.8 Å². The number of aryl methyl sites for hydroxylation is 3. The Kier molecular flexibility index (Phi) is 6.84. The molecule has 6 nitrogen and oxygen atoms in total. The van der Waals surface area contributed by atoms with Gasteiger partial charge in [-0.05, 0) is 57.0 Å². The summed E-state index contributed by atoms with van der Waals surface area (Å²) in [5.74, 6) is -0.441. The van der Waals surface area contributed by atoms with Crippen molar-refractivity contribution < 1.29 is 19.1 Å². The molecule has 0 radical (unpaired) electrons. The number of rotatable bonds is 7. The molecule has 30 heavy (non-hydrogen) atoms. The van der Waals surface area contributed by atoms with Crippen molar-refractivity contribution in [2.45, 2.75) is 40.4 Å². The van der Waals surface area contributed by atoms with Gasteiger partial charge in [-0.15, -0.1) is 11.3 Å². The second kappa shape index (κ2) is 9.54. The Labute approximate surface area is 179 Å². The number of amides is 1. The average molecular weight is 425 g/mol. The first-order valence-electron chi connectivity index (χ1n) is 9.55. The molecule has 7 heteroatoms. The van der Waals surface area contributed by atoms with E-state index in [4.69, 9.17) is 9.47 Å². The molecule has 0 bridgehead atoms. The molecule has 156 valence electrons. The van der Waals surface area contributed by atoms with Crippen molar-refractivity contribution in [3.05, 3.63) is 75.2 Å². The highest BCUT2D eigenvalue weighted by molar-refractivity contribution is 7.09. The molecule has 1 atom stereocenters. The predicted octanol–water partition coefficient (Wildman–Crippen LogP) is 4.83. The van der Waals surface area contributed by atoms with Gasteiger partial charge in [-0.1, -0.05) is 24.3 Å². The molecule has 1 unspecified atom stereocenters. The number of hydrogen-bond donors (Lipinski definition) is 1. The molecule has 1 heterocycles. The van der Waals surface area contributed by atoms with E-state index in [1.807, 2.05) is 44.4 Å². The van der Waals surface area contributed by atoms with Crippen molar-refractivity contribution in [2.75, 3.05) is 5.32 Å². The molecule has 1 aromatic heterocycles. The minimum absolute atomic E-state index is 0.314. The summed E-state index contributed by atoms with van der Waals surface area (Å²) in [6.45, 7) is 7.63. The maximum absolute atomic E-state index is 12.5. The average Bonchev–Trinajstić information content (AvgIpc) is 3.14. The van der Waals surface area contributed by atoms with Crippen LogP contribution in [0.4, 0.5) is 5.69 Å². The molecule has 0 spiro atoms. The van der Waals surface area contributed by atoms with E-state index in [-0.39, 0.29) is 5.91 Å². The van der Waals surface area contributed by atoms with Crippen molar-refractivity contribution in [3.63, 3.8) is 0 Å². The van der Waals surface area contributed by atoms with Crippen molar-refractivity contribution in [3.8, 4) is 5.75 Å². The standard InChI is InChI=1S/C23H24N2O4S/c1-14-7-5-8-15(2)21(14)25-22(26)16(3)29-23(27)18-9-6-10-20(11-18)28-12-19-13-30-17(4)24-19/h5-11,13,16H,12H2,1-4H3,(H,25,26). The number of thiazole rings is 1. The molecule has 0 saturated carbocycles. The zero-order chi connectivity index (χ0) is 21.7. The third-order valence-electron chi connectivity index (χ3n) is 4.51. The Morgan fingerprint density at radius 2 is 1.80 bits per heavy atom. The number of nitrogens with zero attached hydrogens (tertiary/aromatic N) is 1. The summed E-state index contributed by atoms with van der Waals surface area (Å²) in [4.78, 5) is 29.3. The first-order chi connectivity index (χ1) is 14.3. The van der Waals surface area contributed by atoms with Gasteiger partial charge in [-0.3, -0.25) is 4.79 Å². The number of carbonyl (C=O) groups excluding carboxylic acids is 2. The molecule has 0 aliphatic carbocycles. The van der Waals surface area contributed by atoms with Gasteiger partial charge in [0.05, 0.1) is 16.3 Å². The molecule has 0 saturated heterocycles. The van der Waals surface area contributed by atoms with E-state index in [1.54, 1.807) is 42.5 Å². The molecular weight excluding hydrogens is 400 g/mol. The van der Waals surface area contributed by atoms with Crippen LogP contribution in [0.2, 0.25) is 0 Å². The van der Waals surface area contributed by atoms with Crippen molar-refractivity contribution in [2.24, 2.45) is 0 Å². The molecule has 0 fully saturated rings. The second-order valence-electron chi connectivity index (χ2n) is 6.98. The lowest BCUT2D eigenvalue weighted by molar-refractivity contribution is -0.123. The van der Waals surface area contributed by atoms with Gasteiger partial charge in [0.25, 0.3) is 5.91 Å². The number of hydrogen-bond acceptors (Lipinski definition) is 6. The van der Waals surface area contributed by atoms with Gasteiger partial charge in [-0.2, -0.15) is 0 Å². The van der Waals surface area contributed by atoms with Crippen molar-refractivity contribution in [1.82, 2.24) is 4.98 Å².